The van der Waals surface area contributed by atoms with E-state index in [2.05, 4.69) is 12.2 Å². The Morgan fingerprint density at radius 2 is 1.89 bits per heavy atom. The summed E-state index contributed by atoms with van der Waals surface area (Å²) in [6, 6.07) is 5.65. The lowest BCUT2D eigenvalue weighted by Crippen LogP contribution is -2.11. The number of fused-ring (bicyclic) bond motifs is 1. The van der Waals surface area contributed by atoms with E-state index in [-0.39, 0.29) is 11.8 Å². The van der Waals surface area contributed by atoms with Gasteiger partial charge in [-0.15, -0.1) is 0 Å². The fraction of sp³-hybridized carbons (Fsp3) is 0.562. The molecule has 2 nitrogen and oxygen atoms in total. The van der Waals surface area contributed by atoms with E-state index in [9.17, 15) is 4.79 Å². The lowest BCUT2D eigenvalue weighted by atomic mass is 9.94. The lowest BCUT2D eigenvalue weighted by molar-refractivity contribution is -0.117. The zero-order chi connectivity index (χ0) is 13.7. The fourth-order valence-electron chi connectivity index (χ4n) is 2.71. The highest BCUT2D eigenvalue weighted by Gasteiger charge is 2.29. The van der Waals surface area contributed by atoms with E-state index in [1.807, 2.05) is 18.2 Å². The monoisotopic (exact) mass is 279 g/mol. The average molecular weight is 280 g/mol. The summed E-state index contributed by atoms with van der Waals surface area (Å²) in [7, 11) is 0. The summed E-state index contributed by atoms with van der Waals surface area (Å²) >= 11 is 6.02. The summed E-state index contributed by atoms with van der Waals surface area (Å²) < 4.78 is 0. The number of halogens is 1. The molecular weight excluding hydrogens is 258 g/mol. The van der Waals surface area contributed by atoms with Crippen molar-refractivity contribution in [1.82, 2.24) is 0 Å². The fourth-order valence-corrected chi connectivity index (χ4v) is 2.89. The highest BCUT2D eigenvalue weighted by atomic mass is 35.5. The maximum Gasteiger partial charge on any atom is 0.232 e. The van der Waals surface area contributed by atoms with Crippen molar-refractivity contribution in [2.75, 3.05) is 5.32 Å². The van der Waals surface area contributed by atoms with E-state index in [0.29, 0.717) is 5.02 Å². The predicted octanol–water partition coefficient (Wildman–Crippen LogP) is 5.13. The predicted molar refractivity (Wildman–Crippen MR) is 80.8 cm³/mol. The molecule has 0 radical (unpaired) electrons. The Balaban J connectivity index is 1.84. The molecule has 1 atom stereocenters. The minimum Gasteiger partial charge on any atom is -0.325 e. The van der Waals surface area contributed by atoms with Gasteiger partial charge in [0.25, 0.3) is 0 Å². The van der Waals surface area contributed by atoms with Gasteiger partial charge in [0.15, 0.2) is 0 Å². The molecule has 0 saturated heterocycles. The van der Waals surface area contributed by atoms with Crippen molar-refractivity contribution in [3.8, 4) is 0 Å². The first-order chi connectivity index (χ1) is 9.22. The maximum absolute atomic E-state index is 12.0. The van der Waals surface area contributed by atoms with Crippen molar-refractivity contribution in [3.05, 3.63) is 28.8 Å². The van der Waals surface area contributed by atoms with Gasteiger partial charge >= 0.3 is 0 Å². The van der Waals surface area contributed by atoms with Gasteiger partial charge < -0.3 is 5.32 Å². The van der Waals surface area contributed by atoms with Crippen LogP contribution in [0.3, 0.4) is 0 Å². The minimum atomic E-state index is -0.000116. The molecule has 1 aromatic rings. The van der Waals surface area contributed by atoms with Crippen LogP contribution in [0.1, 0.15) is 63.4 Å². The third kappa shape index (κ3) is 3.73. The molecule has 1 aromatic carbocycles. The summed E-state index contributed by atoms with van der Waals surface area (Å²) in [5.74, 6) is 0.130. The van der Waals surface area contributed by atoms with Gasteiger partial charge in [-0.25, -0.2) is 0 Å². The van der Waals surface area contributed by atoms with Crippen molar-refractivity contribution >= 4 is 23.2 Å². The second-order valence-electron chi connectivity index (χ2n) is 5.33. The molecule has 104 valence electrons. The van der Waals surface area contributed by atoms with Crippen LogP contribution in [0.25, 0.3) is 0 Å². The van der Waals surface area contributed by atoms with Gasteiger partial charge in [0.2, 0.25) is 5.91 Å². The number of anilines is 1. The Morgan fingerprint density at radius 3 is 2.68 bits per heavy atom. The summed E-state index contributed by atoms with van der Waals surface area (Å²) in [6.45, 7) is 2.23. The third-order valence-corrected chi connectivity index (χ3v) is 4.04. The Labute approximate surface area is 120 Å². The Morgan fingerprint density at radius 1 is 1.16 bits per heavy atom. The molecule has 1 aliphatic heterocycles. The van der Waals surface area contributed by atoms with Gasteiger partial charge in [0.1, 0.15) is 0 Å². The summed E-state index contributed by atoms with van der Waals surface area (Å²) in [5.41, 5.74) is 2.01. The van der Waals surface area contributed by atoms with Crippen molar-refractivity contribution in [2.24, 2.45) is 0 Å². The number of hydrogen-bond acceptors (Lipinski definition) is 1. The van der Waals surface area contributed by atoms with E-state index in [1.165, 1.54) is 32.1 Å². The van der Waals surface area contributed by atoms with Gasteiger partial charge in [-0.05, 0) is 30.2 Å². The molecular formula is C16H22ClNO. The highest BCUT2D eigenvalue weighted by molar-refractivity contribution is 6.31. The van der Waals surface area contributed by atoms with Crippen LogP contribution in [0, 0.1) is 0 Å². The quantitative estimate of drug-likeness (QED) is 0.689. The van der Waals surface area contributed by atoms with Crippen molar-refractivity contribution in [1.29, 1.82) is 0 Å². The minimum absolute atomic E-state index is 0.000116. The van der Waals surface area contributed by atoms with E-state index >= 15 is 0 Å². The van der Waals surface area contributed by atoms with Crippen molar-refractivity contribution in [3.63, 3.8) is 0 Å². The Kier molecular flexibility index (Phi) is 5.26. The second-order valence-corrected chi connectivity index (χ2v) is 5.77. The maximum atomic E-state index is 12.0. The number of unbranched alkanes of at least 4 members (excludes halogenated alkanes) is 5. The second kappa shape index (κ2) is 6.95. The molecule has 19 heavy (non-hydrogen) atoms. The molecule has 1 amide bonds. The zero-order valence-corrected chi connectivity index (χ0v) is 12.3. The average Bonchev–Trinajstić information content (AvgIpc) is 2.69. The zero-order valence-electron chi connectivity index (χ0n) is 11.5. The molecule has 0 bridgehead atoms. The van der Waals surface area contributed by atoms with Crippen LogP contribution >= 0.6 is 11.6 Å². The largest absolute Gasteiger partial charge is 0.325 e. The molecule has 1 aliphatic rings. The SMILES string of the molecule is CCCCCCCCC1C(=O)Nc2ccc(Cl)cc21. The lowest BCUT2D eigenvalue weighted by Gasteiger charge is -2.08. The first-order valence-corrected chi connectivity index (χ1v) is 7.70. The Bertz CT molecular complexity index is 444. The normalized spacial score (nSPS) is 17.4. The van der Waals surface area contributed by atoms with Gasteiger partial charge in [-0.3, -0.25) is 4.79 Å². The number of rotatable bonds is 7. The third-order valence-electron chi connectivity index (χ3n) is 3.81. The van der Waals surface area contributed by atoms with Crippen molar-refractivity contribution in [2.45, 2.75) is 57.8 Å². The van der Waals surface area contributed by atoms with Crippen LogP contribution in [0.15, 0.2) is 18.2 Å². The number of benzene rings is 1. The van der Waals surface area contributed by atoms with Gasteiger partial charge in [0.05, 0.1) is 5.92 Å². The van der Waals surface area contributed by atoms with E-state index in [0.717, 1.165) is 24.1 Å². The van der Waals surface area contributed by atoms with Crippen LogP contribution in [0.4, 0.5) is 5.69 Å². The van der Waals surface area contributed by atoms with Gasteiger partial charge in [0, 0.05) is 10.7 Å². The van der Waals surface area contributed by atoms with Crippen LogP contribution in [0.5, 0.6) is 0 Å². The molecule has 0 aliphatic carbocycles. The molecule has 1 N–H and O–H groups in total. The van der Waals surface area contributed by atoms with Crippen LogP contribution < -0.4 is 5.32 Å². The topological polar surface area (TPSA) is 29.1 Å². The number of carbonyl (C=O) groups is 1. The molecule has 3 heteroatoms. The number of hydrogen-bond donors (Lipinski definition) is 1. The van der Waals surface area contributed by atoms with Gasteiger partial charge in [-0.1, -0.05) is 57.0 Å². The first-order valence-electron chi connectivity index (χ1n) is 7.32. The van der Waals surface area contributed by atoms with Crippen molar-refractivity contribution < 1.29 is 4.79 Å². The molecule has 0 fully saturated rings. The van der Waals surface area contributed by atoms with Gasteiger partial charge in [-0.2, -0.15) is 0 Å². The first kappa shape index (κ1) is 14.4. The smallest absolute Gasteiger partial charge is 0.232 e. The molecule has 1 unspecified atom stereocenters. The molecule has 2 rings (SSSR count). The summed E-state index contributed by atoms with van der Waals surface area (Å²) in [4.78, 5) is 12.0. The number of amides is 1. The number of carbonyl (C=O) groups excluding carboxylic acids is 1. The van der Waals surface area contributed by atoms with Crippen LogP contribution in [-0.2, 0) is 4.79 Å². The van der Waals surface area contributed by atoms with Crippen LogP contribution in [-0.4, -0.2) is 5.91 Å². The molecule has 0 saturated carbocycles. The van der Waals surface area contributed by atoms with E-state index in [4.69, 9.17) is 11.6 Å². The molecule has 1 heterocycles. The molecule has 0 aromatic heterocycles. The molecule has 0 spiro atoms. The summed E-state index contributed by atoms with van der Waals surface area (Å²) in [5, 5.41) is 3.65. The standard InChI is InChI=1S/C16H22ClNO/c1-2-3-4-5-6-7-8-13-14-11-12(17)9-10-15(14)18-16(13)19/h9-11,13H,2-8H2,1H3,(H,18,19). The summed E-state index contributed by atoms with van der Waals surface area (Å²) in [6.07, 6.45) is 8.47. The highest BCUT2D eigenvalue weighted by Crippen LogP contribution is 2.37. The number of nitrogens with one attached hydrogen (secondary N) is 1. The van der Waals surface area contributed by atoms with E-state index in [1.54, 1.807) is 0 Å². The Hall–Kier alpha value is -1.02. The van der Waals surface area contributed by atoms with E-state index < -0.39 is 0 Å². The van der Waals surface area contributed by atoms with Crippen LogP contribution in [0.2, 0.25) is 5.02 Å².